The molecule has 0 aliphatic carbocycles. The van der Waals surface area contributed by atoms with Crippen molar-refractivity contribution in [2.24, 2.45) is 0 Å². The first kappa shape index (κ1) is 9.24. The lowest BCUT2D eigenvalue weighted by Crippen LogP contribution is -2.28. The fraction of sp³-hybridized carbons (Fsp3) is 0.600. The molecule has 0 spiro atoms. The van der Waals surface area contributed by atoms with E-state index < -0.39 is 0 Å². The number of amides is 1. The highest BCUT2D eigenvalue weighted by Gasteiger charge is 2.23. The molecule has 1 aliphatic heterocycles. The molecule has 0 saturated carbocycles. The van der Waals surface area contributed by atoms with Crippen LogP contribution in [0.4, 0.5) is 0 Å². The van der Waals surface area contributed by atoms with Gasteiger partial charge in [0.05, 0.1) is 0 Å². The summed E-state index contributed by atoms with van der Waals surface area (Å²) < 4.78 is 0. The van der Waals surface area contributed by atoms with Gasteiger partial charge in [0.1, 0.15) is 0 Å². The van der Waals surface area contributed by atoms with Crippen LogP contribution in [0.2, 0.25) is 0 Å². The first-order valence-corrected chi connectivity index (χ1v) is 5.01. The molecule has 2 heterocycles. The van der Waals surface area contributed by atoms with Crippen molar-refractivity contribution in [1.29, 1.82) is 0 Å². The van der Waals surface area contributed by atoms with Crippen molar-refractivity contribution in [2.45, 2.75) is 26.7 Å². The molecule has 2 rings (SSSR count). The number of aromatic amines is 1. The van der Waals surface area contributed by atoms with E-state index in [1.807, 2.05) is 18.7 Å². The second kappa shape index (κ2) is 3.44. The molecule has 1 saturated heterocycles. The van der Waals surface area contributed by atoms with Gasteiger partial charge in [-0.1, -0.05) is 0 Å². The Morgan fingerprint density at radius 1 is 1.36 bits per heavy atom. The Kier molecular flexibility index (Phi) is 2.27. The highest BCUT2D eigenvalue weighted by molar-refractivity contribution is 5.94. The third kappa shape index (κ3) is 1.41. The van der Waals surface area contributed by atoms with Gasteiger partial charge in [-0.3, -0.25) is 9.89 Å². The maximum absolute atomic E-state index is 11.9. The number of aromatic nitrogens is 2. The molecular formula is C10H15N3O. The minimum absolute atomic E-state index is 0.0735. The van der Waals surface area contributed by atoms with Crippen molar-refractivity contribution in [1.82, 2.24) is 15.1 Å². The van der Waals surface area contributed by atoms with Gasteiger partial charge in [0.25, 0.3) is 5.91 Å². The van der Waals surface area contributed by atoms with Gasteiger partial charge < -0.3 is 4.90 Å². The number of rotatable bonds is 1. The Balaban J connectivity index is 2.22. The summed E-state index contributed by atoms with van der Waals surface area (Å²) in [7, 11) is 0. The molecule has 1 aliphatic rings. The molecule has 1 N–H and O–H groups in total. The molecule has 1 fully saturated rings. The van der Waals surface area contributed by atoms with Crippen LogP contribution in [0.5, 0.6) is 0 Å². The predicted molar refractivity (Wildman–Crippen MR) is 53.2 cm³/mol. The Bertz CT molecular complexity index is 350. The average Bonchev–Trinajstić information content (AvgIpc) is 2.77. The van der Waals surface area contributed by atoms with E-state index in [0.717, 1.165) is 37.2 Å². The van der Waals surface area contributed by atoms with Crippen molar-refractivity contribution in [3.05, 3.63) is 17.0 Å². The third-order valence-electron chi connectivity index (χ3n) is 2.85. The normalized spacial score (nSPS) is 16.3. The third-order valence-corrected chi connectivity index (χ3v) is 2.85. The molecule has 1 aromatic heterocycles. The summed E-state index contributed by atoms with van der Waals surface area (Å²) in [5.41, 5.74) is 2.54. The SMILES string of the molecule is Cc1[nH]nc(C(=O)N2CCCC2)c1C. The zero-order valence-corrected chi connectivity index (χ0v) is 8.63. The zero-order valence-electron chi connectivity index (χ0n) is 8.63. The second-order valence-electron chi connectivity index (χ2n) is 3.82. The maximum atomic E-state index is 11.9. The first-order valence-electron chi connectivity index (χ1n) is 5.01. The van der Waals surface area contributed by atoms with E-state index in [4.69, 9.17) is 0 Å². The molecule has 76 valence electrons. The van der Waals surface area contributed by atoms with E-state index in [2.05, 4.69) is 10.2 Å². The number of nitrogens with one attached hydrogen (secondary N) is 1. The average molecular weight is 193 g/mol. The second-order valence-corrected chi connectivity index (χ2v) is 3.82. The predicted octanol–water partition coefficient (Wildman–Crippen LogP) is 1.26. The van der Waals surface area contributed by atoms with Gasteiger partial charge in [-0.15, -0.1) is 0 Å². The monoisotopic (exact) mass is 193 g/mol. The molecule has 14 heavy (non-hydrogen) atoms. The van der Waals surface area contributed by atoms with E-state index in [9.17, 15) is 4.79 Å². The Morgan fingerprint density at radius 3 is 2.50 bits per heavy atom. The van der Waals surface area contributed by atoms with Crippen molar-refractivity contribution in [3.8, 4) is 0 Å². The van der Waals surface area contributed by atoms with Crippen LogP contribution in [0.1, 0.15) is 34.6 Å². The van der Waals surface area contributed by atoms with Gasteiger partial charge in [-0.2, -0.15) is 5.10 Å². The number of H-pyrrole nitrogens is 1. The van der Waals surface area contributed by atoms with Gasteiger partial charge >= 0.3 is 0 Å². The summed E-state index contributed by atoms with van der Waals surface area (Å²) in [5, 5.41) is 6.89. The zero-order chi connectivity index (χ0) is 10.1. The lowest BCUT2D eigenvalue weighted by atomic mass is 10.2. The van der Waals surface area contributed by atoms with Crippen LogP contribution in [0.3, 0.4) is 0 Å². The number of hydrogen-bond acceptors (Lipinski definition) is 2. The van der Waals surface area contributed by atoms with Crippen LogP contribution < -0.4 is 0 Å². The van der Waals surface area contributed by atoms with Crippen molar-refractivity contribution in [2.75, 3.05) is 13.1 Å². The summed E-state index contributed by atoms with van der Waals surface area (Å²) in [4.78, 5) is 13.8. The topological polar surface area (TPSA) is 49.0 Å². The van der Waals surface area contributed by atoms with Gasteiger partial charge in [-0.25, -0.2) is 0 Å². The summed E-state index contributed by atoms with van der Waals surface area (Å²) in [6.45, 7) is 5.62. The van der Waals surface area contributed by atoms with E-state index in [1.54, 1.807) is 0 Å². The minimum atomic E-state index is 0.0735. The molecule has 4 heteroatoms. The fourth-order valence-corrected chi connectivity index (χ4v) is 1.76. The van der Waals surface area contributed by atoms with Crippen molar-refractivity contribution < 1.29 is 4.79 Å². The molecule has 1 amide bonds. The quantitative estimate of drug-likeness (QED) is 0.730. The van der Waals surface area contributed by atoms with E-state index in [0.29, 0.717) is 5.69 Å². The van der Waals surface area contributed by atoms with Crippen LogP contribution in [0, 0.1) is 13.8 Å². The standard InChI is InChI=1S/C10H15N3O/c1-7-8(2)11-12-9(7)10(14)13-5-3-4-6-13/h3-6H2,1-2H3,(H,11,12). The van der Waals surface area contributed by atoms with Crippen LogP contribution in [0.15, 0.2) is 0 Å². The van der Waals surface area contributed by atoms with Crippen molar-refractivity contribution in [3.63, 3.8) is 0 Å². The molecular weight excluding hydrogens is 178 g/mol. The summed E-state index contributed by atoms with van der Waals surface area (Å²) in [6, 6.07) is 0. The number of nitrogens with zero attached hydrogens (tertiary/aromatic N) is 2. The molecule has 0 aromatic carbocycles. The molecule has 0 radical (unpaired) electrons. The van der Waals surface area contributed by atoms with E-state index >= 15 is 0 Å². The highest BCUT2D eigenvalue weighted by Crippen LogP contribution is 2.15. The fourth-order valence-electron chi connectivity index (χ4n) is 1.76. The molecule has 1 aromatic rings. The molecule has 0 atom stereocenters. The lowest BCUT2D eigenvalue weighted by Gasteiger charge is -2.13. The van der Waals surface area contributed by atoms with Crippen LogP contribution >= 0.6 is 0 Å². The summed E-state index contributed by atoms with van der Waals surface area (Å²) in [6.07, 6.45) is 2.24. The number of aryl methyl sites for hydroxylation is 1. The molecule has 4 nitrogen and oxygen atoms in total. The summed E-state index contributed by atoms with van der Waals surface area (Å²) >= 11 is 0. The number of hydrogen-bond donors (Lipinski definition) is 1. The Hall–Kier alpha value is -1.32. The van der Waals surface area contributed by atoms with Gasteiger partial charge in [-0.05, 0) is 26.7 Å². The largest absolute Gasteiger partial charge is 0.337 e. The molecule has 0 unspecified atom stereocenters. The van der Waals surface area contributed by atoms with Crippen LogP contribution in [-0.2, 0) is 0 Å². The molecule has 0 bridgehead atoms. The maximum Gasteiger partial charge on any atom is 0.274 e. The van der Waals surface area contributed by atoms with Crippen LogP contribution in [0.25, 0.3) is 0 Å². The number of carbonyl (C=O) groups excluding carboxylic acids is 1. The number of likely N-dealkylation sites (tertiary alicyclic amines) is 1. The van der Waals surface area contributed by atoms with Gasteiger partial charge in [0.15, 0.2) is 5.69 Å². The van der Waals surface area contributed by atoms with Gasteiger partial charge in [0.2, 0.25) is 0 Å². The lowest BCUT2D eigenvalue weighted by molar-refractivity contribution is 0.0786. The Morgan fingerprint density at radius 2 is 2.00 bits per heavy atom. The highest BCUT2D eigenvalue weighted by atomic mass is 16.2. The smallest absolute Gasteiger partial charge is 0.274 e. The summed E-state index contributed by atoms with van der Waals surface area (Å²) in [5.74, 6) is 0.0735. The minimum Gasteiger partial charge on any atom is -0.337 e. The Labute approximate surface area is 83.3 Å². The van der Waals surface area contributed by atoms with Gasteiger partial charge in [0, 0.05) is 24.3 Å². The van der Waals surface area contributed by atoms with E-state index in [-0.39, 0.29) is 5.91 Å². The van der Waals surface area contributed by atoms with Crippen molar-refractivity contribution >= 4 is 5.91 Å². The number of carbonyl (C=O) groups is 1. The van der Waals surface area contributed by atoms with E-state index in [1.165, 1.54) is 0 Å². The van der Waals surface area contributed by atoms with Crippen LogP contribution in [-0.4, -0.2) is 34.1 Å². The first-order chi connectivity index (χ1) is 6.70.